The van der Waals surface area contributed by atoms with Gasteiger partial charge in [0.15, 0.2) is 5.84 Å². The molecule has 86 valence electrons. The molecule has 0 saturated heterocycles. The van der Waals surface area contributed by atoms with E-state index in [1.54, 1.807) is 0 Å². The van der Waals surface area contributed by atoms with Crippen LogP contribution in [0.5, 0.6) is 0 Å². The van der Waals surface area contributed by atoms with Gasteiger partial charge < -0.3 is 5.32 Å². The molecule has 0 bridgehead atoms. The quantitative estimate of drug-likeness (QED) is 0.879. The molecule has 1 aromatic heterocycles. The van der Waals surface area contributed by atoms with Gasteiger partial charge in [-0.25, -0.2) is 0 Å². The first kappa shape index (κ1) is 10.4. The molecule has 1 aliphatic rings. The second kappa shape index (κ2) is 4.63. The van der Waals surface area contributed by atoms with Gasteiger partial charge in [-0.2, -0.15) is 0 Å². The number of rotatable bonds is 2. The lowest BCUT2D eigenvalue weighted by molar-refractivity contribution is 0.572. The Balaban J connectivity index is 1.82. The van der Waals surface area contributed by atoms with Crippen molar-refractivity contribution in [3.63, 3.8) is 0 Å². The fourth-order valence-electron chi connectivity index (χ4n) is 1.95. The Hall–Kier alpha value is -1.75. The lowest BCUT2D eigenvalue weighted by Gasteiger charge is -2.24. The first-order chi connectivity index (χ1) is 8.43. The smallest absolute Gasteiger partial charge is 0.150 e. The highest BCUT2D eigenvalue weighted by atomic mass is 32.1. The second-order valence-corrected chi connectivity index (χ2v) is 4.53. The molecule has 0 amide bonds. The Kier molecular flexibility index (Phi) is 2.83. The molecule has 1 N–H and O–H groups in total. The van der Waals surface area contributed by atoms with Gasteiger partial charge in [-0.3, -0.25) is 4.99 Å². The summed E-state index contributed by atoms with van der Waals surface area (Å²) in [7, 11) is 0. The summed E-state index contributed by atoms with van der Waals surface area (Å²) in [5.41, 5.74) is 2.14. The average molecular weight is 244 g/mol. The van der Waals surface area contributed by atoms with Crippen LogP contribution in [-0.2, 0) is 0 Å². The number of benzene rings is 1. The van der Waals surface area contributed by atoms with Crippen molar-refractivity contribution in [1.29, 1.82) is 0 Å². The topological polar surface area (TPSA) is 50.2 Å². The standard InChI is InChI=1S/C12H12N4S/c1-2-4-9(5-3-1)10-6-7-13-12(14-10)11-8-17-16-15-11/h1-5,8,10H,6-7H2,(H,13,14). The van der Waals surface area contributed by atoms with Crippen LogP contribution in [0.1, 0.15) is 23.7 Å². The van der Waals surface area contributed by atoms with Gasteiger partial charge in [0.1, 0.15) is 5.69 Å². The second-order valence-electron chi connectivity index (χ2n) is 3.92. The van der Waals surface area contributed by atoms with Crippen molar-refractivity contribution < 1.29 is 0 Å². The van der Waals surface area contributed by atoms with E-state index in [2.05, 4.69) is 44.2 Å². The molecule has 2 aromatic rings. The summed E-state index contributed by atoms with van der Waals surface area (Å²) in [5.74, 6) is 0.860. The van der Waals surface area contributed by atoms with E-state index in [9.17, 15) is 0 Å². The minimum atomic E-state index is 0.324. The Labute approximate surface area is 104 Å². The maximum Gasteiger partial charge on any atom is 0.150 e. The summed E-state index contributed by atoms with van der Waals surface area (Å²) >= 11 is 1.35. The van der Waals surface area contributed by atoms with E-state index >= 15 is 0 Å². The molecule has 0 spiro atoms. The third kappa shape index (κ3) is 2.19. The molecule has 1 aliphatic heterocycles. The third-order valence-electron chi connectivity index (χ3n) is 2.80. The van der Waals surface area contributed by atoms with Crippen molar-refractivity contribution in [3.05, 3.63) is 47.0 Å². The van der Waals surface area contributed by atoms with Crippen molar-refractivity contribution in [2.75, 3.05) is 6.54 Å². The summed E-state index contributed by atoms with van der Waals surface area (Å²) in [5, 5.41) is 9.39. The number of nitrogens with one attached hydrogen (secondary N) is 1. The zero-order valence-electron chi connectivity index (χ0n) is 9.21. The van der Waals surface area contributed by atoms with Crippen molar-refractivity contribution in [3.8, 4) is 0 Å². The zero-order valence-corrected chi connectivity index (χ0v) is 10.0. The predicted octanol–water partition coefficient (Wildman–Crippen LogP) is 2.02. The van der Waals surface area contributed by atoms with Gasteiger partial charge in [-0.15, -0.1) is 5.10 Å². The summed E-state index contributed by atoms with van der Waals surface area (Å²) in [4.78, 5) is 4.46. The molecule has 0 radical (unpaired) electrons. The van der Waals surface area contributed by atoms with E-state index < -0.39 is 0 Å². The fourth-order valence-corrected chi connectivity index (χ4v) is 2.39. The van der Waals surface area contributed by atoms with Gasteiger partial charge >= 0.3 is 0 Å². The molecular weight excluding hydrogens is 232 g/mol. The van der Waals surface area contributed by atoms with Crippen LogP contribution in [0.2, 0.25) is 0 Å². The van der Waals surface area contributed by atoms with Gasteiger partial charge in [0, 0.05) is 11.9 Å². The summed E-state index contributed by atoms with van der Waals surface area (Å²) in [6, 6.07) is 10.8. The van der Waals surface area contributed by atoms with Crippen molar-refractivity contribution in [1.82, 2.24) is 14.9 Å². The highest BCUT2D eigenvalue weighted by Gasteiger charge is 2.19. The van der Waals surface area contributed by atoms with E-state index in [4.69, 9.17) is 0 Å². The number of aromatic nitrogens is 2. The van der Waals surface area contributed by atoms with E-state index in [1.165, 1.54) is 17.1 Å². The molecule has 17 heavy (non-hydrogen) atoms. The first-order valence-electron chi connectivity index (χ1n) is 5.57. The van der Waals surface area contributed by atoms with Crippen LogP contribution in [0.4, 0.5) is 0 Å². The van der Waals surface area contributed by atoms with E-state index in [-0.39, 0.29) is 0 Å². The lowest BCUT2D eigenvalue weighted by atomic mass is 10.0. The molecule has 5 heteroatoms. The number of amidine groups is 1. The van der Waals surface area contributed by atoms with E-state index in [0.29, 0.717) is 6.04 Å². The molecular formula is C12H12N4S. The molecule has 1 unspecified atom stereocenters. The molecule has 1 aromatic carbocycles. The average Bonchev–Trinajstić information content (AvgIpc) is 2.94. The van der Waals surface area contributed by atoms with Gasteiger partial charge in [0.2, 0.25) is 0 Å². The van der Waals surface area contributed by atoms with Crippen LogP contribution >= 0.6 is 11.5 Å². The van der Waals surface area contributed by atoms with Crippen molar-refractivity contribution in [2.45, 2.75) is 12.5 Å². The van der Waals surface area contributed by atoms with Crippen molar-refractivity contribution >= 4 is 17.4 Å². The highest BCUT2D eigenvalue weighted by Crippen LogP contribution is 2.20. The van der Waals surface area contributed by atoms with Gasteiger partial charge in [-0.05, 0) is 23.5 Å². The summed E-state index contributed by atoms with van der Waals surface area (Å²) in [6.07, 6.45) is 1.02. The number of hydrogen-bond donors (Lipinski definition) is 1. The van der Waals surface area contributed by atoms with Crippen LogP contribution < -0.4 is 5.32 Å². The summed E-state index contributed by atoms with van der Waals surface area (Å²) < 4.78 is 3.87. The molecule has 0 saturated carbocycles. The fraction of sp³-hybridized carbons (Fsp3) is 0.250. The minimum Gasteiger partial charge on any atom is -0.362 e. The van der Waals surface area contributed by atoms with Gasteiger partial charge in [0.05, 0.1) is 6.04 Å². The van der Waals surface area contributed by atoms with Crippen LogP contribution in [-0.4, -0.2) is 22.0 Å². The minimum absolute atomic E-state index is 0.324. The van der Waals surface area contributed by atoms with Crippen LogP contribution in [0.25, 0.3) is 0 Å². The molecule has 2 heterocycles. The monoisotopic (exact) mass is 244 g/mol. The maximum absolute atomic E-state index is 4.46. The Morgan fingerprint density at radius 3 is 2.88 bits per heavy atom. The van der Waals surface area contributed by atoms with Crippen LogP contribution in [0.3, 0.4) is 0 Å². The normalized spacial score (nSPS) is 19.5. The molecule has 1 atom stereocenters. The molecule has 4 nitrogen and oxygen atoms in total. The molecule has 0 aliphatic carbocycles. The molecule has 0 fully saturated rings. The maximum atomic E-state index is 4.46. The van der Waals surface area contributed by atoms with Crippen molar-refractivity contribution in [2.24, 2.45) is 4.99 Å². The Morgan fingerprint density at radius 1 is 1.24 bits per heavy atom. The Morgan fingerprint density at radius 2 is 2.12 bits per heavy atom. The van der Waals surface area contributed by atoms with Gasteiger partial charge in [0.25, 0.3) is 0 Å². The zero-order chi connectivity index (χ0) is 11.5. The predicted molar refractivity (Wildman–Crippen MR) is 68.2 cm³/mol. The SMILES string of the molecule is c1ccc(C2CCN=C(c3csnn3)N2)cc1. The van der Waals surface area contributed by atoms with E-state index in [1.807, 2.05) is 11.4 Å². The largest absolute Gasteiger partial charge is 0.362 e. The Bertz CT molecular complexity index is 507. The number of hydrogen-bond acceptors (Lipinski definition) is 5. The van der Waals surface area contributed by atoms with Crippen LogP contribution in [0, 0.1) is 0 Å². The lowest BCUT2D eigenvalue weighted by Crippen LogP contribution is -2.33. The highest BCUT2D eigenvalue weighted by molar-refractivity contribution is 7.03. The first-order valence-corrected chi connectivity index (χ1v) is 6.40. The molecule has 3 rings (SSSR count). The van der Waals surface area contributed by atoms with E-state index in [0.717, 1.165) is 24.5 Å². The number of nitrogens with zero attached hydrogens (tertiary/aromatic N) is 3. The van der Waals surface area contributed by atoms with Gasteiger partial charge in [-0.1, -0.05) is 34.8 Å². The third-order valence-corrected chi connectivity index (χ3v) is 3.31. The van der Waals surface area contributed by atoms with Crippen LogP contribution in [0.15, 0.2) is 40.7 Å². The summed E-state index contributed by atoms with van der Waals surface area (Å²) in [6.45, 7) is 0.833. The number of aliphatic imine (C=N–C) groups is 1.